The number of hydrogen-bond acceptors (Lipinski definition) is 13. The van der Waals surface area contributed by atoms with Crippen LogP contribution in [0.25, 0.3) is 10.9 Å². The molecule has 5 aliphatic rings. The number of amides is 4. The summed E-state index contributed by atoms with van der Waals surface area (Å²) < 4.78 is 52.8. The topological polar surface area (TPSA) is 204 Å². The summed E-state index contributed by atoms with van der Waals surface area (Å²) in [5.41, 5.74) is 0.271. The molecule has 2 aromatic heterocycles. The van der Waals surface area contributed by atoms with Crippen molar-refractivity contribution in [3.63, 3.8) is 0 Å². The number of carbonyl (C=O) groups is 4. The summed E-state index contributed by atoms with van der Waals surface area (Å²) in [6.45, 7) is 12.3. The molecule has 64 heavy (non-hydrogen) atoms. The number of ether oxygens (including phenoxy) is 4. The smallest absolute Gasteiger partial charge is 0.407 e. The zero-order valence-electron chi connectivity index (χ0n) is 37.3. The maximum Gasteiger partial charge on any atom is 0.407 e. The lowest BCUT2D eigenvalue weighted by Crippen LogP contribution is -2.59. The molecule has 1 saturated heterocycles. The first kappa shape index (κ1) is 45.6. The molecule has 8 rings (SSSR count). The number of nitrogens with one attached hydrogen (secondary N) is 3. The van der Waals surface area contributed by atoms with Crippen molar-refractivity contribution in [2.24, 2.45) is 17.3 Å². The third kappa shape index (κ3) is 9.82. The van der Waals surface area contributed by atoms with Crippen LogP contribution in [0, 0.1) is 17.3 Å². The second-order valence-corrected chi connectivity index (χ2v) is 22.0. The van der Waals surface area contributed by atoms with Gasteiger partial charge in [0.1, 0.15) is 41.8 Å². The number of hydrogen-bond donors (Lipinski definition) is 3. The fourth-order valence-electron chi connectivity index (χ4n) is 9.29. The average molecular weight is 921 g/mol. The van der Waals surface area contributed by atoms with Crippen molar-refractivity contribution in [3.05, 3.63) is 52.5 Å². The molecule has 0 radical (unpaired) electrons. The van der Waals surface area contributed by atoms with Crippen LogP contribution in [-0.2, 0) is 42.2 Å². The summed E-state index contributed by atoms with van der Waals surface area (Å²) in [5.74, 6) is -1.08. The number of cyclic esters (lactones) is 1. The normalized spacial score (nSPS) is 26.4. The highest BCUT2D eigenvalue weighted by atomic mass is 32.2. The van der Waals surface area contributed by atoms with E-state index in [2.05, 4.69) is 35.8 Å². The molecule has 18 heteroatoms. The maximum atomic E-state index is 15.0. The molecule has 2 aliphatic heterocycles. The van der Waals surface area contributed by atoms with Gasteiger partial charge in [-0.3, -0.25) is 19.1 Å². The Hall–Kier alpha value is -4.97. The number of fused-ring (bicyclic) bond motifs is 3. The van der Waals surface area contributed by atoms with E-state index in [0.29, 0.717) is 54.5 Å². The van der Waals surface area contributed by atoms with Gasteiger partial charge < -0.3 is 34.5 Å². The average Bonchev–Trinajstić information content (AvgIpc) is 4.02. The molecule has 5 atom stereocenters. The highest BCUT2D eigenvalue weighted by Crippen LogP contribution is 2.46. The summed E-state index contributed by atoms with van der Waals surface area (Å²) in [5, 5.41) is 8.75. The van der Waals surface area contributed by atoms with Gasteiger partial charge in [0.2, 0.25) is 27.7 Å². The Balaban J connectivity index is 1.16. The Kier molecular flexibility index (Phi) is 12.9. The highest BCUT2D eigenvalue weighted by molar-refractivity contribution is 7.91. The summed E-state index contributed by atoms with van der Waals surface area (Å²) in [7, 11) is -2.32. The van der Waals surface area contributed by atoms with E-state index < -0.39 is 74.1 Å². The lowest BCUT2D eigenvalue weighted by molar-refractivity contribution is -0.142. The minimum atomic E-state index is -3.93. The molecular weight excluding hydrogens is 861 g/mol. The third-order valence-electron chi connectivity index (χ3n) is 13.3. The Morgan fingerprint density at radius 1 is 1.11 bits per heavy atom. The first-order chi connectivity index (χ1) is 30.5. The number of methoxy groups -OCH3 is 1. The van der Waals surface area contributed by atoms with Crippen LogP contribution in [0.1, 0.15) is 114 Å². The van der Waals surface area contributed by atoms with Crippen LogP contribution in [0.5, 0.6) is 17.4 Å². The minimum Gasteiger partial charge on any atom is -0.496 e. The van der Waals surface area contributed by atoms with Gasteiger partial charge in [-0.2, -0.15) is 0 Å². The fourth-order valence-corrected chi connectivity index (χ4v) is 11.5. The Bertz CT molecular complexity index is 2410. The van der Waals surface area contributed by atoms with E-state index >= 15 is 0 Å². The van der Waals surface area contributed by atoms with E-state index in [-0.39, 0.29) is 50.3 Å². The van der Waals surface area contributed by atoms with Gasteiger partial charge in [-0.1, -0.05) is 46.6 Å². The number of aryl methyl sites for hydroxylation is 1. The summed E-state index contributed by atoms with van der Waals surface area (Å²) >= 11 is 1.57. The number of nitrogens with zero attached hydrogens (tertiary/aromatic N) is 3. The van der Waals surface area contributed by atoms with Gasteiger partial charge in [0.15, 0.2) is 0 Å². The standard InChI is InChI=1S/C46H60N6O10S2/c1-7-29-21-46(29,43(55)51-64(57,58)32-14-15-32)50-40(53)35-18-31-22-52(35)42(54)39(27-11-8-9-12-27)49-44(56)61-25-45(4,5)16-10-13-28-17-33-34(19-36(28)59-6)48-38(20-37(33)62-31)60-23-30-24-63-41(47-30)26(2)3/h7,17,19-20,24,26-27,29,31-32,35,39H,1,8-16,18,21-23,25H2,2-6H3,(H,49,56)(H,50,53)(H,51,55)/t29-,31-,35+,39+,46-/m1/s1. The summed E-state index contributed by atoms with van der Waals surface area (Å²) in [6, 6.07) is 3.41. The first-order valence-corrected chi connectivity index (χ1v) is 24.9. The molecule has 0 unspecified atom stereocenters. The zero-order chi connectivity index (χ0) is 45.6. The number of thiazole rings is 1. The zero-order valence-corrected chi connectivity index (χ0v) is 38.9. The second kappa shape index (κ2) is 18.1. The Labute approximate surface area is 378 Å². The Morgan fingerprint density at radius 3 is 2.55 bits per heavy atom. The molecule has 1 aromatic carbocycles. The number of benzene rings is 1. The second-order valence-electron chi connectivity index (χ2n) is 19.2. The maximum absolute atomic E-state index is 15.0. The molecule has 16 nitrogen and oxygen atoms in total. The van der Waals surface area contributed by atoms with E-state index in [9.17, 15) is 27.6 Å². The van der Waals surface area contributed by atoms with E-state index in [4.69, 9.17) is 28.9 Å². The predicted octanol–water partition coefficient (Wildman–Crippen LogP) is 6.07. The van der Waals surface area contributed by atoms with Crippen LogP contribution < -0.4 is 29.6 Å². The van der Waals surface area contributed by atoms with Gasteiger partial charge >= 0.3 is 6.09 Å². The lowest BCUT2D eigenvalue weighted by atomic mass is 9.87. The molecule has 0 spiro atoms. The van der Waals surface area contributed by atoms with E-state index in [1.807, 2.05) is 31.4 Å². The van der Waals surface area contributed by atoms with E-state index in [1.54, 1.807) is 24.5 Å². The summed E-state index contributed by atoms with van der Waals surface area (Å²) in [6.07, 6.45) is 6.41. The number of sulfonamides is 1. The van der Waals surface area contributed by atoms with Crippen molar-refractivity contribution in [2.75, 3.05) is 20.3 Å². The molecule has 3 saturated carbocycles. The van der Waals surface area contributed by atoms with Crippen LogP contribution in [0.4, 0.5) is 4.79 Å². The minimum absolute atomic E-state index is 0.0181. The molecule has 3 aromatic rings. The van der Waals surface area contributed by atoms with Crippen LogP contribution in [0.2, 0.25) is 0 Å². The van der Waals surface area contributed by atoms with Crippen LogP contribution in [-0.4, -0.2) is 96.3 Å². The molecule has 346 valence electrons. The number of aromatic nitrogens is 2. The molecule has 3 aliphatic carbocycles. The number of rotatable bonds is 12. The number of carbonyl (C=O) groups excluding carboxylic acids is 4. The van der Waals surface area contributed by atoms with Crippen LogP contribution in [0.3, 0.4) is 0 Å². The summed E-state index contributed by atoms with van der Waals surface area (Å²) in [4.78, 5) is 68.0. The molecule has 3 N–H and O–H groups in total. The monoisotopic (exact) mass is 920 g/mol. The molecular formula is C46H60N6O10S2. The van der Waals surface area contributed by atoms with Crippen molar-refractivity contribution in [2.45, 2.75) is 140 Å². The molecule has 4 bridgehead atoms. The van der Waals surface area contributed by atoms with Gasteiger partial charge in [0, 0.05) is 41.2 Å². The molecule has 4 amide bonds. The molecule has 4 fully saturated rings. The van der Waals surface area contributed by atoms with Crippen molar-refractivity contribution >= 4 is 56.1 Å². The van der Waals surface area contributed by atoms with Crippen molar-refractivity contribution in [1.29, 1.82) is 0 Å². The van der Waals surface area contributed by atoms with Gasteiger partial charge in [-0.15, -0.1) is 17.9 Å². The van der Waals surface area contributed by atoms with Gasteiger partial charge in [0.25, 0.3) is 5.91 Å². The van der Waals surface area contributed by atoms with Crippen molar-refractivity contribution < 1.29 is 46.5 Å². The SMILES string of the molecule is C=C[C@@H]1C[C@]1(NC(=O)[C@@H]1C[C@@H]2CN1C(=O)[C@H](C1CCCC1)NC(=O)OCC(C)(C)CCCc1cc3c(cc(OCc4csc(C(C)C)n4)nc3cc1OC)O2)C(=O)NS(=O)(=O)C1CC1. The van der Waals surface area contributed by atoms with Crippen LogP contribution >= 0.6 is 11.3 Å². The highest BCUT2D eigenvalue weighted by Gasteiger charge is 2.62. The van der Waals surface area contributed by atoms with Gasteiger partial charge in [-0.05, 0) is 74.3 Å². The largest absolute Gasteiger partial charge is 0.496 e. The fraction of sp³-hybridized carbons (Fsp3) is 0.609. The number of alkyl carbamates (subject to hydrolysis) is 1. The first-order valence-electron chi connectivity index (χ1n) is 22.5. The van der Waals surface area contributed by atoms with Gasteiger partial charge in [0.05, 0.1) is 41.7 Å². The lowest BCUT2D eigenvalue weighted by Gasteiger charge is -2.32. The van der Waals surface area contributed by atoms with Crippen molar-refractivity contribution in [3.8, 4) is 17.4 Å². The third-order valence-corrected chi connectivity index (χ3v) is 16.3. The quantitative estimate of drug-likeness (QED) is 0.177. The number of pyridine rings is 1. The predicted molar refractivity (Wildman–Crippen MR) is 240 cm³/mol. The van der Waals surface area contributed by atoms with E-state index in [1.165, 1.54) is 11.0 Å². The van der Waals surface area contributed by atoms with Crippen molar-refractivity contribution in [1.82, 2.24) is 30.2 Å². The van der Waals surface area contributed by atoms with E-state index in [0.717, 1.165) is 41.9 Å². The Morgan fingerprint density at radius 2 is 1.88 bits per heavy atom. The van der Waals surface area contributed by atoms with Gasteiger partial charge in [-0.25, -0.2) is 23.2 Å². The van der Waals surface area contributed by atoms with Crippen LogP contribution in [0.15, 0.2) is 36.2 Å². The molecule has 4 heterocycles.